The summed E-state index contributed by atoms with van der Waals surface area (Å²) < 4.78 is 25.5. The predicted molar refractivity (Wildman–Crippen MR) is 255 cm³/mol. The maximum absolute atomic E-state index is 14.9. The van der Waals surface area contributed by atoms with Gasteiger partial charge < -0.3 is 60.0 Å². The number of ether oxygens (including phenoxy) is 4. The normalized spacial score (nSPS) is 27.3. The second-order valence-electron chi connectivity index (χ2n) is 19.3. The number of hydrogen-bond donors (Lipinski definition) is 7. The molecular weight excluding hydrogens is 869 g/mol. The molecule has 10 rings (SSSR count). The van der Waals surface area contributed by atoms with Gasteiger partial charge in [0, 0.05) is 55.4 Å². The number of nitrogens with one attached hydrogen (secondary N) is 2. The van der Waals surface area contributed by atoms with Crippen LogP contribution in [0.5, 0.6) is 17.2 Å². The number of phenols is 1. The van der Waals surface area contributed by atoms with Gasteiger partial charge in [-0.2, -0.15) is 4.99 Å². The molecule has 1 saturated heterocycles. The molecular formula is C53H61N4O11+. The molecule has 68 heavy (non-hydrogen) atoms. The summed E-state index contributed by atoms with van der Waals surface area (Å²) >= 11 is 0. The molecule has 3 aliphatic carbocycles. The first-order chi connectivity index (χ1) is 33.0. The number of rotatable bonds is 12. The van der Waals surface area contributed by atoms with Gasteiger partial charge in [-0.05, 0) is 91.1 Å². The van der Waals surface area contributed by atoms with E-state index in [9.17, 15) is 35.1 Å². The largest absolute Gasteiger partial charge is 0.506 e. The molecule has 15 heteroatoms. The third-order valence-corrected chi connectivity index (χ3v) is 15.0. The Bertz CT molecular complexity index is 2640. The summed E-state index contributed by atoms with van der Waals surface area (Å²) in [6.07, 6.45) is 13.3. The van der Waals surface area contributed by atoms with Crippen LogP contribution in [0.25, 0.3) is 16.8 Å². The summed E-state index contributed by atoms with van der Waals surface area (Å²) in [6, 6.07) is 9.64. The minimum Gasteiger partial charge on any atom is -0.506 e. The topological polar surface area (TPSA) is 212 Å². The molecule has 4 heterocycles. The van der Waals surface area contributed by atoms with Gasteiger partial charge in [0.05, 0.1) is 55.2 Å². The van der Waals surface area contributed by atoms with Gasteiger partial charge in [0.1, 0.15) is 47.2 Å². The number of ketones is 1. The van der Waals surface area contributed by atoms with Gasteiger partial charge in [-0.3, -0.25) is 9.59 Å². The van der Waals surface area contributed by atoms with Gasteiger partial charge in [0.25, 0.3) is 5.91 Å². The van der Waals surface area contributed by atoms with Crippen LogP contribution in [0.15, 0.2) is 76.0 Å². The van der Waals surface area contributed by atoms with Crippen molar-refractivity contribution in [3.05, 3.63) is 111 Å². The third kappa shape index (κ3) is 8.36. The molecule has 6 atom stereocenters. The van der Waals surface area contributed by atoms with Crippen LogP contribution in [0.1, 0.15) is 107 Å². The van der Waals surface area contributed by atoms with E-state index in [0.29, 0.717) is 41.4 Å². The number of fused-ring (bicyclic) bond motifs is 7. The Morgan fingerprint density at radius 3 is 2.62 bits per heavy atom. The van der Waals surface area contributed by atoms with Crippen LogP contribution in [0, 0.1) is 6.42 Å². The highest BCUT2D eigenvalue weighted by Gasteiger charge is 2.57. The molecule has 6 unspecified atom stereocenters. The molecule has 0 radical (unpaired) electrons. The van der Waals surface area contributed by atoms with Crippen molar-refractivity contribution in [3.63, 3.8) is 0 Å². The number of allylic oxidation sites excluding steroid dienone is 3. The van der Waals surface area contributed by atoms with Crippen LogP contribution < -0.4 is 20.1 Å². The van der Waals surface area contributed by atoms with Gasteiger partial charge in [0.15, 0.2) is 17.1 Å². The van der Waals surface area contributed by atoms with Gasteiger partial charge in [-0.15, -0.1) is 0 Å². The fraction of sp³-hybridized carbons (Fsp3) is 0.472. The second-order valence-corrected chi connectivity index (χ2v) is 19.3. The van der Waals surface area contributed by atoms with E-state index in [-0.39, 0.29) is 53.8 Å². The second kappa shape index (κ2) is 19.2. The van der Waals surface area contributed by atoms with E-state index >= 15 is 0 Å². The molecule has 4 aliphatic heterocycles. The summed E-state index contributed by atoms with van der Waals surface area (Å²) in [6.45, 7) is -0.181. The van der Waals surface area contributed by atoms with Crippen LogP contribution in [0.3, 0.4) is 0 Å². The fourth-order valence-corrected chi connectivity index (χ4v) is 11.2. The quantitative estimate of drug-likeness (QED) is 0.0937. The number of aliphatic hydroxyl groups excluding tert-OH is 3. The van der Waals surface area contributed by atoms with Crippen LogP contribution in [0.4, 0.5) is 0 Å². The SMILES string of the molecule is CNCc1cccc2c1CN(CC(=O)c1c(C3CCCC3)cc3cc(OC)c4c(c3c1O)OC1OC(COC(C3=C5[CH+]C(CNC6CCCCC6)=CC=C5N=C3)C=C4)C(O)C(O)C1(O)CO)C2=O. The minimum absolute atomic E-state index is 0.0532. The minimum atomic E-state index is -2.57. The molecule has 7 N–H and O–H groups in total. The smallest absolute Gasteiger partial charge is 0.254 e. The average Bonchev–Trinajstić information content (AvgIpc) is 4.11. The van der Waals surface area contributed by atoms with E-state index in [1.807, 2.05) is 31.3 Å². The van der Waals surface area contributed by atoms with Crippen molar-refractivity contribution in [2.75, 3.05) is 40.5 Å². The van der Waals surface area contributed by atoms with Crippen molar-refractivity contribution in [3.8, 4) is 17.2 Å². The Morgan fingerprint density at radius 1 is 1.06 bits per heavy atom. The first-order valence-corrected chi connectivity index (χ1v) is 24.1. The number of phenolic OH excluding ortho intramolecular Hbond substituents is 1. The highest BCUT2D eigenvalue weighted by molar-refractivity contribution is 6.11. The summed E-state index contributed by atoms with van der Waals surface area (Å²) in [4.78, 5) is 35.0. The van der Waals surface area contributed by atoms with Crippen molar-refractivity contribution in [1.82, 2.24) is 15.5 Å². The zero-order chi connectivity index (χ0) is 47.3. The van der Waals surface area contributed by atoms with Crippen LogP contribution in [0.2, 0.25) is 0 Å². The van der Waals surface area contributed by atoms with Gasteiger partial charge in [-0.25, -0.2) is 0 Å². The monoisotopic (exact) mass is 929 g/mol. The summed E-state index contributed by atoms with van der Waals surface area (Å²) in [7, 11) is 3.33. The Morgan fingerprint density at radius 2 is 1.85 bits per heavy atom. The molecule has 0 aromatic heterocycles. The van der Waals surface area contributed by atoms with E-state index in [1.54, 1.807) is 30.5 Å². The molecule has 1 amide bonds. The van der Waals surface area contributed by atoms with Crippen molar-refractivity contribution >= 4 is 34.8 Å². The fourth-order valence-electron chi connectivity index (χ4n) is 11.2. The van der Waals surface area contributed by atoms with Crippen molar-refractivity contribution < 1.29 is 54.1 Å². The highest BCUT2D eigenvalue weighted by Crippen LogP contribution is 2.50. The Hall–Kier alpha value is -5.36. The van der Waals surface area contributed by atoms with Crippen LogP contribution >= 0.6 is 0 Å². The molecule has 2 saturated carbocycles. The molecule has 3 fully saturated rings. The Balaban J connectivity index is 1.08. The first-order valence-electron chi connectivity index (χ1n) is 24.1. The molecule has 3 aromatic carbocycles. The van der Waals surface area contributed by atoms with Crippen LogP contribution in [-0.2, 0) is 22.6 Å². The predicted octanol–water partition coefficient (Wildman–Crippen LogP) is 5.06. The number of aliphatic hydroxyl groups is 4. The number of carbonyl (C=O) groups excluding carboxylic acids is 2. The van der Waals surface area contributed by atoms with E-state index in [2.05, 4.69) is 23.1 Å². The standard InChI is InChI=1S/C53H60N4O11/c1-54-23-31-11-8-14-34-39(31)25-57(51(34)63)26-41(59)46-36(30-9-6-7-10-30)20-32-21-43(65-2)35-16-18-42(38-24-56-40-17-15-29(19-37(38)40)22-55-33-12-4-3-5-13-33)66-27-44-47(60)50(62)53(64,28-58)52(67-44)68-49(35)45(32)48(46)61/h8,11,14-21,24,30,33,42,44,47,50,52,54-55,58,60,62,64H,3-7,9-10,12-13,22-23,25-28H2,1-2H3/p+1. The summed E-state index contributed by atoms with van der Waals surface area (Å²) in [5, 5.41) is 65.7. The third-order valence-electron chi connectivity index (χ3n) is 15.0. The molecule has 3 aromatic rings. The lowest BCUT2D eigenvalue weighted by molar-refractivity contribution is -0.329. The zero-order valence-corrected chi connectivity index (χ0v) is 38.6. The molecule has 7 aliphatic rings. The maximum Gasteiger partial charge on any atom is 0.254 e. The van der Waals surface area contributed by atoms with Crippen LogP contribution in [-0.4, -0.2) is 131 Å². The lowest BCUT2D eigenvalue weighted by atomic mass is 9.86. The number of amides is 1. The number of aliphatic imine (C=N–C) groups is 1. The number of aromatic hydroxyl groups is 1. The van der Waals surface area contributed by atoms with E-state index in [1.165, 1.54) is 31.3 Å². The summed E-state index contributed by atoms with van der Waals surface area (Å²) in [5.74, 6) is -0.970. The van der Waals surface area contributed by atoms with E-state index in [4.69, 9.17) is 23.9 Å². The first kappa shape index (κ1) is 46.4. The van der Waals surface area contributed by atoms with E-state index < -0.39 is 54.4 Å². The number of benzene rings is 3. The number of carbonyl (C=O) groups is 2. The Kier molecular flexibility index (Phi) is 13.1. The van der Waals surface area contributed by atoms with Crippen molar-refractivity contribution in [2.45, 2.75) is 119 Å². The highest BCUT2D eigenvalue weighted by atomic mass is 16.7. The van der Waals surface area contributed by atoms with Gasteiger partial charge in [0.2, 0.25) is 6.29 Å². The van der Waals surface area contributed by atoms with E-state index in [0.717, 1.165) is 72.1 Å². The lowest BCUT2D eigenvalue weighted by Crippen LogP contribution is -2.69. The maximum atomic E-state index is 14.9. The van der Waals surface area contributed by atoms with Crippen molar-refractivity contribution in [1.29, 1.82) is 0 Å². The summed E-state index contributed by atoms with van der Waals surface area (Å²) in [5.41, 5.74) is 4.17. The van der Waals surface area contributed by atoms with Gasteiger partial charge in [-0.1, -0.05) is 44.2 Å². The number of nitrogens with zero attached hydrogens (tertiary/aromatic N) is 2. The zero-order valence-electron chi connectivity index (χ0n) is 38.6. The number of Topliss-reactive ketones (excluding diaryl/α,β-unsaturated/α-hetero) is 1. The Labute approximate surface area is 395 Å². The molecule has 2 bridgehead atoms. The molecule has 15 nitrogen and oxygen atoms in total. The van der Waals surface area contributed by atoms with Gasteiger partial charge >= 0.3 is 0 Å². The van der Waals surface area contributed by atoms with Crippen molar-refractivity contribution in [2.24, 2.45) is 4.99 Å². The number of hydrogen-bond acceptors (Lipinski definition) is 14. The average molecular weight is 930 g/mol. The molecule has 358 valence electrons. The molecule has 0 spiro atoms. The number of methoxy groups -OCH3 is 1. The lowest BCUT2D eigenvalue weighted by Gasteiger charge is -2.47.